The van der Waals surface area contributed by atoms with Crippen LogP contribution in [0.4, 0.5) is 0 Å². The molecule has 6 heteroatoms. The van der Waals surface area contributed by atoms with Gasteiger partial charge in [0.15, 0.2) is 5.78 Å². The van der Waals surface area contributed by atoms with Crippen LogP contribution >= 0.6 is 0 Å². The van der Waals surface area contributed by atoms with Gasteiger partial charge < -0.3 is 14.6 Å². The number of ether oxygens (including phenoxy) is 2. The van der Waals surface area contributed by atoms with Crippen molar-refractivity contribution < 1.29 is 29.0 Å². The van der Waals surface area contributed by atoms with Crippen molar-refractivity contribution >= 4 is 17.5 Å². The number of hydrogen-bond acceptors (Lipinski definition) is 6. The van der Waals surface area contributed by atoms with Crippen molar-refractivity contribution in [3.05, 3.63) is 35.4 Å². The van der Waals surface area contributed by atoms with Crippen LogP contribution in [0.5, 0.6) is 11.5 Å². The van der Waals surface area contributed by atoms with Crippen molar-refractivity contribution in [1.29, 1.82) is 0 Å². The fraction of sp³-hybridized carbons (Fsp3) is 0.560. The summed E-state index contributed by atoms with van der Waals surface area (Å²) in [5.74, 6) is -1.57. The molecule has 3 atom stereocenters. The van der Waals surface area contributed by atoms with E-state index in [0.29, 0.717) is 37.4 Å². The highest BCUT2D eigenvalue weighted by atomic mass is 16.6. The molecule has 2 rings (SSSR count). The van der Waals surface area contributed by atoms with Gasteiger partial charge in [-0.05, 0) is 44.7 Å². The van der Waals surface area contributed by atoms with Crippen molar-refractivity contribution in [1.82, 2.24) is 0 Å². The van der Waals surface area contributed by atoms with Crippen LogP contribution in [0.3, 0.4) is 0 Å². The Morgan fingerprint density at radius 3 is 2.58 bits per heavy atom. The number of phenolic OH excluding ortho intramolecular Hbond substituents is 1. The SMILES string of the molecule is COc1ccc(C(=O)[C@@H]2C(=O)O[C@](C)(CC/C=C(\C)CC(=O)CC(C)C)[C@H]2C)c(O)c1. The minimum Gasteiger partial charge on any atom is -0.507 e. The Morgan fingerprint density at radius 2 is 2.00 bits per heavy atom. The van der Waals surface area contributed by atoms with E-state index < -0.39 is 23.3 Å². The molecule has 0 radical (unpaired) electrons. The van der Waals surface area contributed by atoms with Crippen LogP contribution in [0.25, 0.3) is 0 Å². The first-order chi connectivity index (χ1) is 14.5. The number of carbonyl (C=O) groups is 3. The van der Waals surface area contributed by atoms with Crippen LogP contribution in [0.1, 0.15) is 70.7 Å². The van der Waals surface area contributed by atoms with Gasteiger partial charge in [-0.3, -0.25) is 14.4 Å². The highest BCUT2D eigenvalue weighted by molar-refractivity contribution is 6.11. The number of methoxy groups -OCH3 is 1. The van der Waals surface area contributed by atoms with Crippen molar-refractivity contribution in [2.75, 3.05) is 7.11 Å². The summed E-state index contributed by atoms with van der Waals surface area (Å²) in [6.07, 6.45) is 4.20. The molecule has 0 bridgehead atoms. The summed E-state index contributed by atoms with van der Waals surface area (Å²) in [5, 5.41) is 10.2. The van der Waals surface area contributed by atoms with Gasteiger partial charge in [0.2, 0.25) is 0 Å². The van der Waals surface area contributed by atoms with Crippen molar-refractivity contribution in [3.63, 3.8) is 0 Å². The van der Waals surface area contributed by atoms with Gasteiger partial charge in [0.25, 0.3) is 0 Å². The molecule has 1 aliphatic rings. The van der Waals surface area contributed by atoms with Crippen LogP contribution in [0, 0.1) is 17.8 Å². The van der Waals surface area contributed by atoms with Crippen molar-refractivity contribution in [2.24, 2.45) is 17.8 Å². The molecule has 0 aliphatic carbocycles. The zero-order valence-electron chi connectivity index (χ0n) is 19.4. The lowest BCUT2D eigenvalue weighted by molar-refractivity contribution is -0.149. The fourth-order valence-corrected chi connectivity index (χ4v) is 4.09. The van der Waals surface area contributed by atoms with E-state index in [-0.39, 0.29) is 23.0 Å². The molecular weight excluding hydrogens is 396 g/mol. The molecule has 1 aromatic rings. The number of Topliss-reactive ketones (excluding diaryl/α,β-unsaturated/α-hetero) is 2. The Bertz CT molecular complexity index is 869. The lowest BCUT2D eigenvalue weighted by Crippen LogP contribution is -2.33. The van der Waals surface area contributed by atoms with Crippen LogP contribution in [-0.2, 0) is 14.3 Å². The number of phenols is 1. The smallest absolute Gasteiger partial charge is 0.317 e. The summed E-state index contributed by atoms with van der Waals surface area (Å²) in [5.41, 5.74) is 0.290. The molecule has 1 fully saturated rings. The number of aromatic hydroxyl groups is 1. The van der Waals surface area contributed by atoms with Crippen LogP contribution in [-0.4, -0.2) is 35.4 Å². The molecule has 170 valence electrons. The second kappa shape index (κ2) is 10.1. The largest absolute Gasteiger partial charge is 0.507 e. The second-order valence-corrected chi connectivity index (χ2v) is 9.15. The molecule has 1 aromatic carbocycles. The Kier molecular flexibility index (Phi) is 8.04. The van der Waals surface area contributed by atoms with Crippen molar-refractivity contribution in [2.45, 2.75) is 65.9 Å². The molecule has 0 saturated carbocycles. The van der Waals surface area contributed by atoms with E-state index in [4.69, 9.17) is 9.47 Å². The molecule has 0 unspecified atom stereocenters. The standard InChI is InChI=1S/C25H34O6/c1-15(2)12-18(26)13-16(3)8-7-11-25(5)17(4)22(24(29)31-25)23(28)20-10-9-19(30-6)14-21(20)27/h8-10,14-15,17,22,27H,7,11-13H2,1-6H3/b16-8+/t17-,22+,25+/m0/s1. The van der Waals surface area contributed by atoms with Crippen LogP contribution in [0.15, 0.2) is 29.8 Å². The third kappa shape index (κ3) is 5.96. The molecule has 6 nitrogen and oxygen atoms in total. The fourth-order valence-electron chi connectivity index (χ4n) is 4.09. The van der Waals surface area contributed by atoms with Gasteiger partial charge in [-0.1, -0.05) is 32.4 Å². The third-order valence-corrected chi connectivity index (χ3v) is 6.05. The van der Waals surface area contributed by atoms with E-state index in [0.717, 1.165) is 5.57 Å². The number of carbonyl (C=O) groups excluding carboxylic acids is 3. The maximum absolute atomic E-state index is 13.0. The summed E-state index contributed by atoms with van der Waals surface area (Å²) in [7, 11) is 1.47. The highest BCUT2D eigenvalue weighted by Gasteiger charge is 2.53. The second-order valence-electron chi connectivity index (χ2n) is 9.15. The number of rotatable bonds is 10. The van der Waals surface area contributed by atoms with E-state index in [1.165, 1.54) is 19.2 Å². The number of ketones is 2. The Hall–Kier alpha value is -2.63. The highest BCUT2D eigenvalue weighted by Crippen LogP contribution is 2.42. The third-order valence-electron chi connectivity index (χ3n) is 6.05. The van der Waals surface area contributed by atoms with Gasteiger partial charge in [-0.2, -0.15) is 0 Å². The molecule has 31 heavy (non-hydrogen) atoms. The molecule has 0 amide bonds. The van der Waals surface area contributed by atoms with E-state index in [9.17, 15) is 19.5 Å². The summed E-state index contributed by atoms with van der Waals surface area (Å²) in [6, 6.07) is 4.39. The monoisotopic (exact) mass is 430 g/mol. The summed E-state index contributed by atoms with van der Waals surface area (Å²) >= 11 is 0. The number of benzene rings is 1. The normalized spacial score (nSPS) is 23.7. The molecule has 1 saturated heterocycles. The average Bonchev–Trinajstić information content (AvgIpc) is 2.88. The first-order valence-corrected chi connectivity index (χ1v) is 10.8. The van der Waals surface area contributed by atoms with Gasteiger partial charge in [0.05, 0.1) is 12.7 Å². The Morgan fingerprint density at radius 1 is 1.32 bits per heavy atom. The van der Waals surface area contributed by atoms with Gasteiger partial charge in [-0.15, -0.1) is 0 Å². The van der Waals surface area contributed by atoms with Crippen molar-refractivity contribution in [3.8, 4) is 11.5 Å². The molecule has 0 spiro atoms. The average molecular weight is 431 g/mol. The minimum atomic E-state index is -0.970. The van der Waals surface area contributed by atoms with Gasteiger partial charge >= 0.3 is 5.97 Å². The maximum atomic E-state index is 13.0. The maximum Gasteiger partial charge on any atom is 0.317 e. The number of cyclic esters (lactones) is 1. The predicted octanol–water partition coefficient (Wildman–Crippen LogP) is 4.88. The predicted molar refractivity (Wildman–Crippen MR) is 118 cm³/mol. The quantitative estimate of drug-likeness (QED) is 0.246. The zero-order chi connectivity index (χ0) is 23.3. The molecule has 1 heterocycles. The van der Waals surface area contributed by atoms with Gasteiger partial charge in [0.1, 0.15) is 28.8 Å². The molecule has 0 aromatic heterocycles. The van der Waals surface area contributed by atoms with E-state index in [2.05, 4.69) is 0 Å². The first-order valence-electron chi connectivity index (χ1n) is 10.8. The van der Waals surface area contributed by atoms with Crippen LogP contribution in [0.2, 0.25) is 0 Å². The lowest BCUT2D eigenvalue weighted by Gasteiger charge is -2.28. The molecule has 1 N–H and O–H groups in total. The summed E-state index contributed by atoms with van der Waals surface area (Å²) < 4.78 is 10.7. The van der Waals surface area contributed by atoms with E-state index >= 15 is 0 Å². The molecule has 1 aliphatic heterocycles. The van der Waals surface area contributed by atoms with Crippen LogP contribution < -0.4 is 4.74 Å². The van der Waals surface area contributed by atoms with E-state index in [1.807, 2.05) is 40.7 Å². The van der Waals surface area contributed by atoms with Gasteiger partial charge in [0, 0.05) is 24.8 Å². The first kappa shape index (κ1) is 24.6. The van der Waals surface area contributed by atoms with Gasteiger partial charge in [-0.25, -0.2) is 0 Å². The number of allylic oxidation sites excluding steroid dienone is 2. The lowest BCUT2D eigenvalue weighted by atomic mass is 9.77. The zero-order valence-corrected chi connectivity index (χ0v) is 19.4. The summed E-state index contributed by atoms with van der Waals surface area (Å²) in [4.78, 5) is 37.6. The summed E-state index contributed by atoms with van der Waals surface area (Å²) in [6.45, 7) is 9.65. The number of hydrogen-bond donors (Lipinski definition) is 1. The van der Waals surface area contributed by atoms with E-state index in [1.54, 1.807) is 6.07 Å². The molecular formula is C25H34O6. The topological polar surface area (TPSA) is 89.9 Å². The minimum absolute atomic E-state index is 0.0817. The Labute approximate surface area is 184 Å². The number of esters is 1. The Balaban J connectivity index is 2.06.